The minimum Gasteiger partial charge on any atom is -0.396 e. The van der Waals surface area contributed by atoms with Crippen LogP contribution < -0.4 is 27.0 Å². The van der Waals surface area contributed by atoms with Crippen molar-refractivity contribution in [1.29, 1.82) is 0 Å². The van der Waals surface area contributed by atoms with Gasteiger partial charge >= 0.3 is 0 Å². The molecule has 7 N–H and O–H groups in total. The van der Waals surface area contributed by atoms with Gasteiger partial charge in [0.15, 0.2) is 0 Å². The Morgan fingerprint density at radius 3 is 1.79 bits per heavy atom. The first-order valence-corrected chi connectivity index (χ1v) is 16.4. The highest BCUT2D eigenvalue weighted by atomic mass is 16.3. The first kappa shape index (κ1) is 37.7. The van der Waals surface area contributed by atoms with Crippen LogP contribution in [0, 0.1) is 5.92 Å². The van der Waals surface area contributed by atoms with Crippen LogP contribution >= 0.6 is 0 Å². The summed E-state index contributed by atoms with van der Waals surface area (Å²) in [5, 5.41) is 20.2. The van der Waals surface area contributed by atoms with Gasteiger partial charge in [0.25, 0.3) is 0 Å². The molecule has 13 heteroatoms. The highest BCUT2D eigenvalue weighted by Gasteiger charge is 2.39. The smallest absolute Gasteiger partial charge is 0.245 e. The van der Waals surface area contributed by atoms with Crippen molar-refractivity contribution in [2.75, 3.05) is 13.2 Å². The highest BCUT2D eigenvalue weighted by molar-refractivity contribution is 5.96. The SMILES string of the molecule is CC(=O)N[C@@H](CC(C)C)C(=O)N1CCC[C@H]1C(=O)N[C@@H](Cc1ccccc1)C(=O)N[C@@H](Cc1ccccc1)C(=O)N[C@@H](CCO)C(N)=O. The summed E-state index contributed by atoms with van der Waals surface area (Å²) in [7, 11) is 0. The van der Waals surface area contributed by atoms with Gasteiger partial charge in [-0.25, -0.2) is 0 Å². The second-order valence-corrected chi connectivity index (χ2v) is 12.5. The summed E-state index contributed by atoms with van der Waals surface area (Å²) >= 11 is 0. The Kier molecular flexibility index (Phi) is 14.5. The van der Waals surface area contributed by atoms with Gasteiger partial charge in [-0.05, 0) is 42.7 Å². The summed E-state index contributed by atoms with van der Waals surface area (Å²) in [6, 6.07) is 12.9. The molecule has 260 valence electrons. The molecule has 5 atom stereocenters. The van der Waals surface area contributed by atoms with Gasteiger partial charge in [0.1, 0.15) is 30.2 Å². The fourth-order valence-corrected chi connectivity index (χ4v) is 5.79. The van der Waals surface area contributed by atoms with E-state index in [4.69, 9.17) is 5.73 Å². The van der Waals surface area contributed by atoms with Crippen LogP contribution in [0.4, 0.5) is 0 Å². The lowest BCUT2D eigenvalue weighted by Crippen LogP contribution is -2.59. The maximum Gasteiger partial charge on any atom is 0.245 e. The summed E-state index contributed by atoms with van der Waals surface area (Å²) in [6.45, 7) is 5.16. The second kappa shape index (κ2) is 18.5. The van der Waals surface area contributed by atoms with Crippen molar-refractivity contribution in [1.82, 2.24) is 26.2 Å². The quantitative estimate of drug-likeness (QED) is 0.140. The average Bonchev–Trinajstić information content (AvgIpc) is 3.54. The Balaban J connectivity index is 1.86. The predicted molar refractivity (Wildman–Crippen MR) is 179 cm³/mol. The summed E-state index contributed by atoms with van der Waals surface area (Å²) in [4.78, 5) is 80.0. The molecule has 0 unspecified atom stereocenters. The van der Waals surface area contributed by atoms with Crippen molar-refractivity contribution in [3.05, 3.63) is 71.8 Å². The lowest BCUT2D eigenvalue weighted by molar-refractivity contribution is -0.142. The Morgan fingerprint density at radius 2 is 1.31 bits per heavy atom. The van der Waals surface area contributed by atoms with E-state index in [1.165, 1.54) is 11.8 Å². The molecule has 48 heavy (non-hydrogen) atoms. The first-order valence-electron chi connectivity index (χ1n) is 16.4. The monoisotopic (exact) mass is 664 g/mol. The molecule has 0 aliphatic carbocycles. The maximum absolute atomic E-state index is 13.9. The number of aliphatic hydroxyl groups excluding tert-OH is 1. The minimum atomic E-state index is -1.16. The molecule has 0 bridgehead atoms. The lowest BCUT2D eigenvalue weighted by Gasteiger charge is -2.30. The molecule has 13 nitrogen and oxygen atoms in total. The number of carbonyl (C=O) groups is 6. The zero-order valence-corrected chi connectivity index (χ0v) is 27.8. The molecule has 0 saturated carbocycles. The van der Waals surface area contributed by atoms with Gasteiger partial charge < -0.3 is 37.0 Å². The number of hydrogen-bond acceptors (Lipinski definition) is 7. The minimum absolute atomic E-state index is 0.0698. The number of nitrogens with two attached hydrogens (primary N) is 1. The molecule has 0 radical (unpaired) electrons. The number of rotatable bonds is 17. The van der Waals surface area contributed by atoms with Crippen LogP contribution in [0.3, 0.4) is 0 Å². The van der Waals surface area contributed by atoms with E-state index < -0.39 is 60.4 Å². The van der Waals surface area contributed by atoms with Crippen molar-refractivity contribution in [2.24, 2.45) is 11.7 Å². The number of primary amides is 1. The summed E-state index contributed by atoms with van der Waals surface area (Å²) in [6.07, 6.45) is 1.42. The summed E-state index contributed by atoms with van der Waals surface area (Å²) in [5.74, 6) is -3.27. The Labute approximate surface area is 281 Å². The number of hydrogen-bond donors (Lipinski definition) is 6. The van der Waals surface area contributed by atoms with E-state index in [1.807, 2.05) is 38.1 Å². The molecule has 3 rings (SSSR count). The van der Waals surface area contributed by atoms with Crippen molar-refractivity contribution >= 4 is 35.4 Å². The first-order chi connectivity index (χ1) is 22.9. The fraction of sp³-hybridized carbons (Fsp3) is 0.486. The third-order valence-electron chi connectivity index (χ3n) is 8.13. The number of amides is 6. The highest BCUT2D eigenvalue weighted by Crippen LogP contribution is 2.21. The zero-order chi connectivity index (χ0) is 35.2. The van der Waals surface area contributed by atoms with E-state index in [0.717, 1.165) is 11.1 Å². The number of nitrogens with zero attached hydrogens (tertiary/aromatic N) is 1. The second-order valence-electron chi connectivity index (χ2n) is 12.5. The van der Waals surface area contributed by atoms with Gasteiger partial charge in [-0.1, -0.05) is 74.5 Å². The average molecular weight is 665 g/mol. The largest absolute Gasteiger partial charge is 0.396 e. The Hall–Kier alpha value is -4.78. The maximum atomic E-state index is 13.9. The number of likely N-dealkylation sites (tertiary alicyclic amines) is 1. The molecule has 1 aliphatic rings. The molecule has 1 saturated heterocycles. The van der Waals surface area contributed by atoms with Crippen molar-refractivity contribution in [3.8, 4) is 0 Å². The van der Waals surface area contributed by atoms with Gasteiger partial charge in [0, 0.05) is 32.9 Å². The molecule has 0 spiro atoms. The van der Waals surface area contributed by atoms with Crippen LogP contribution in [0.25, 0.3) is 0 Å². The van der Waals surface area contributed by atoms with Gasteiger partial charge in [0.05, 0.1) is 0 Å². The van der Waals surface area contributed by atoms with E-state index in [-0.39, 0.29) is 37.0 Å². The van der Waals surface area contributed by atoms with Crippen molar-refractivity contribution < 1.29 is 33.9 Å². The number of nitrogens with one attached hydrogen (secondary N) is 4. The molecule has 6 amide bonds. The standard InChI is InChI=1S/C35H48N6O7/c1-22(2)19-29(37-23(3)43)35(48)41-17-10-15-30(41)34(47)40-28(21-25-13-8-5-9-14-25)33(46)39-27(20-24-11-6-4-7-12-24)32(45)38-26(16-18-42)31(36)44/h4-9,11-14,22,26-30,42H,10,15-21H2,1-3H3,(H2,36,44)(H,37,43)(H,38,45)(H,39,46)(H,40,47)/t26-,27-,28-,29-,30-/m0/s1. The fourth-order valence-electron chi connectivity index (χ4n) is 5.79. The van der Waals surface area contributed by atoms with Crippen LogP contribution in [0.1, 0.15) is 57.6 Å². The topological polar surface area (TPSA) is 200 Å². The number of benzene rings is 2. The van der Waals surface area contributed by atoms with E-state index >= 15 is 0 Å². The van der Waals surface area contributed by atoms with Crippen LogP contribution in [0.15, 0.2) is 60.7 Å². The molecule has 1 heterocycles. The Bertz CT molecular complexity index is 1400. The lowest BCUT2D eigenvalue weighted by atomic mass is 10.0. The molecule has 1 fully saturated rings. The van der Waals surface area contributed by atoms with Crippen LogP contribution in [-0.4, -0.2) is 88.8 Å². The third-order valence-corrected chi connectivity index (χ3v) is 8.13. The molecule has 0 aromatic heterocycles. The van der Waals surface area contributed by atoms with Gasteiger partial charge in [0.2, 0.25) is 35.4 Å². The van der Waals surface area contributed by atoms with Crippen molar-refractivity contribution in [3.63, 3.8) is 0 Å². The molecular weight excluding hydrogens is 616 g/mol. The van der Waals surface area contributed by atoms with Crippen LogP contribution in [-0.2, 0) is 41.6 Å². The third kappa shape index (κ3) is 11.5. The zero-order valence-electron chi connectivity index (χ0n) is 27.8. The van der Waals surface area contributed by atoms with Crippen molar-refractivity contribution in [2.45, 2.75) is 89.5 Å². The normalized spacial score (nSPS) is 16.7. The van der Waals surface area contributed by atoms with Gasteiger partial charge in [-0.2, -0.15) is 0 Å². The molecule has 1 aliphatic heterocycles. The molecular formula is C35H48N6O7. The van der Waals surface area contributed by atoms with Gasteiger partial charge in [-0.15, -0.1) is 0 Å². The van der Waals surface area contributed by atoms with E-state index in [1.54, 1.807) is 36.4 Å². The van der Waals surface area contributed by atoms with Gasteiger partial charge in [-0.3, -0.25) is 28.8 Å². The van der Waals surface area contributed by atoms with Crippen LogP contribution in [0.2, 0.25) is 0 Å². The molecule has 2 aromatic carbocycles. The Morgan fingerprint density at radius 1 is 0.792 bits per heavy atom. The molecule has 2 aromatic rings. The number of aliphatic hydroxyl groups is 1. The van der Waals surface area contributed by atoms with E-state index in [2.05, 4.69) is 21.3 Å². The predicted octanol–water partition coefficient (Wildman–Crippen LogP) is 0.336. The van der Waals surface area contributed by atoms with E-state index in [0.29, 0.717) is 25.8 Å². The summed E-state index contributed by atoms with van der Waals surface area (Å²) < 4.78 is 0. The van der Waals surface area contributed by atoms with E-state index in [9.17, 15) is 33.9 Å². The number of carbonyl (C=O) groups excluding carboxylic acids is 6. The summed E-state index contributed by atoms with van der Waals surface area (Å²) in [5.41, 5.74) is 6.91. The van der Waals surface area contributed by atoms with Crippen LogP contribution in [0.5, 0.6) is 0 Å².